The molecule has 0 bridgehead atoms. The average Bonchev–Trinajstić information content (AvgIpc) is 3.53. The molecule has 8 nitrogen and oxygen atoms in total. The van der Waals surface area contributed by atoms with Crippen LogP contribution in [0.2, 0.25) is 5.02 Å². The predicted octanol–water partition coefficient (Wildman–Crippen LogP) is 5.47. The molecule has 1 N–H and O–H groups in total. The number of pyridine rings is 1. The van der Waals surface area contributed by atoms with Crippen LogP contribution in [0.1, 0.15) is 43.0 Å². The molecule has 0 aliphatic heterocycles. The van der Waals surface area contributed by atoms with E-state index in [1.807, 2.05) is 4.57 Å². The van der Waals surface area contributed by atoms with Gasteiger partial charge in [0.2, 0.25) is 10.0 Å². The maximum Gasteiger partial charge on any atom is 0.416 e. The number of aromatic nitrogens is 5. The van der Waals surface area contributed by atoms with E-state index < -0.39 is 32.7 Å². The normalized spacial score (nSPS) is 18.9. The summed E-state index contributed by atoms with van der Waals surface area (Å²) in [5.41, 5.74) is -0.0396. The van der Waals surface area contributed by atoms with Gasteiger partial charge in [0.1, 0.15) is 18.3 Å². The standard InChI is InChI=1S/C23H21Cl2F3N6O2S/c24-9-18-11-33-10-16(25)7-21(22(33)31-18)14-4-15(23(26,27)28)6-20(5-14)37(35,36)32-17-2-1-3-19(8-17)34-12-29-30-13-34/h4-7,10-13,17,19,32H,1-3,8-9H2/t17-,19+/m0/s1. The summed E-state index contributed by atoms with van der Waals surface area (Å²) in [6.07, 6.45) is 4.11. The molecule has 196 valence electrons. The first-order chi connectivity index (χ1) is 17.5. The van der Waals surface area contributed by atoms with Gasteiger partial charge < -0.3 is 8.97 Å². The summed E-state index contributed by atoms with van der Waals surface area (Å²) in [7, 11) is -4.30. The molecule has 1 fully saturated rings. The number of nitrogens with one attached hydrogen (secondary N) is 1. The molecule has 1 aliphatic carbocycles. The van der Waals surface area contributed by atoms with Gasteiger partial charge in [0, 0.05) is 30.0 Å². The molecule has 5 rings (SSSR count). The second-order valence-electron chi connectivity index (χ2n) is 8.96. The Bertz CT molecular complexity index is 1540. The van der Waals surface area contributed by atoms with Crippen LogP contribution in [0.3, 0.4) is 0 Å². The summed E-state index contributed by atoms with van der Waals surface area (Å²) in [6.45, 7) is 0. The minimum Gasteiger partial charge on any atom is -0.317 e. The second-order valence-corrected chi connectivity index (χ2v) is 11.4. The largest absolute Gasteiger partial charge is 0.416 e. The lowest BCUT2D eigenvalue weighted by molar-refractivity contribution is -0.137. The highest BCUT2D eigenvalue weighted by atomic mass is 35.5. The fourth-order valence-corrected chi connectivity index (χ4v) is 6.39. The van der Waals surface area contributed by atoms with Gasteiger partial charge in [-0.1, -0.05) is 11.6 Å². The van der Waals surface area contributed by atoms with Gasteiger partial charge in [-0.05, 0) is 55.5 Å². The molecule has 0 spiro atoms. The van der Waals surface area contributed by atoms with Crippen LogP contribution in [-0.4, -0.2) is 38.6 Å². The summed E-state index contributed by atoms with van der Waals surface area (Å²) < 4.78 is 74.3. The maximum absolute atomic E-state index is 13.9. The van der Waals surface area contributed by atoms with Crippen LogP contribution in [0, 0.1) is 0 Å². The van der Waals surface area contributed by atoms with E-state index in [1.54, 1.807) is 29.4 Å². The summed E-state index contributed by atoms with van der Waals surface area (Å²) in [5.74, 6) is 0.0857. The van der Waals surface area contributed by atoms with Crippen molar-refractivity contribution in [1.82, 2.24) is 28.9 Å². The first-order valence-corrected chi connectivity index (χ1v) is 13.8. The van der Waals surface area contributed by atoms with E-state index in [9.17, 15) is 21.6 Å². The number of benzene rings is 1. The molecule has 0 unspecified atom stereocenters. The zero-order valence-electron chi connectivity index (χ0n) is 19.2. The Hall–Kier alpha value is -2.67. The van der Waals surface area contributed by atoms with Crippen molar-refractivity contribution in [2.75, 3.05) is 0 Å². The van der Waals surface area contributed by atoms with Crippen LogP contribution in [0.4, 0.5) is 13.2 Å². The topological polar surface area (TPSA) is 94.2 Å². The van der Waals surface area contributed by atoms with E-state index >= 15 is 0 Å². The van der Waals surface area contributed by atoms with Crippen LogP contribution in [-0.2, 0) is 22.1 Å². The summed E-state index contributed by atoms with van der Waals surface area (Å²) in [6, 6.07) is 3.72. The number of halogens is 5. The summed E-state index contributed by atoms with van der Waals surface area (Å²) in [5, 5.41) is 7.83. The van der Waals surface area contributed by atoms with Gasteiger partial charge >= 0.3 is 6.18 Å². The van der Waals surface area contributed by atoms with Crippen LogP contribution < -0.4 is 4.72 Å². The van der Waals surface area contributed by atoms with Crippen molar-refractivity contribution in [1.29, 1.82) is 0 Å². The molecular weight excluding hydrogens is 552 g/mol. The minimum absolute atomic E-state index is 0.00941. The first kappa shape index (κ1) is 26.0. The highest BCUT2D eigenvalue weighted by Crippen LogP contribution is 2.37. The van der Waals surface area contributed by atoms with Crippen molar-refractivity contribution in [3.05, 3.63) is 65.6 Å². The number of rotatable bonds is 6. The number of hydrogen-bond acceptors (Lipinski definition) is 5. The van der Waals surface area contributed by atoms with E-state index in [-0.39, 0.29) is 28.1 Å². The summed E-state index contributed by atoms with van der Waals surface area (Å²) >= 11 is 12.1. The Morgan fingerprint density at radius 1 is 1.08 bits per heavy atom. The fourth-order valence-electron chi connectivity index (χ4n) is 4.69. The SMILES string of the molecule is O=S(=O)(N[C@H]1CCC[C@@H](n2cnnc2)C1)c1cc(-c2cc(Cl)cn3cc(CCl)nc23)cc(C(F)(F)F)c1. The fraction of sp³-hybridized carbons (Fsp3) is 0.348. The van der Waals surface area contributed by atoms with Crippen LogP contribution in [0.5, 0.6) is 0 Å². The van der Waals surface area contributed by atoms with Crippen molar-refractivity contribution < 1.29 is 21.6 Å². The van der Waals surface area contributed by atoms with Gasteiger partial charge in [0.05, 0.1) is 27.1 Å². The second kappa shape index (κ2) is 9.90. The Balaban J connectivity index is 1.55. The van der Waals surface area contributed by atoms with E-state index in [2.05, 4.69) is 19.9 Å². The van der Waals surface area contributed by atoms with E-state index in [1.165, 1.54) is 12.1 Å². The molecule has 3 aromatic heterocycles. The molecule has 0 amide bonds. The molecule has 1 saturated carbocycles. The first-order valence-electron chi connectivity index (χ1n) is 11.4. The van der Waals surface area contributed by atoms with Gasteiger partial charge in [-0.3, -0.25) is 0 Å². The van der Waals surface area contributed by atoms with Gasteiger partial charge in [0.25, 0.3) is 0 Å². The molecule has 37 heavy (non-hydrogen) atoms. The van der Waals surface area contributed by atoms with Crippen molar-refractivity contribution >= 4 is 38.9 Å². The number of imidazole rings is 1. The van der Waals surface area contributed by atoms with E-state index in [0.29, 0.717) is 30.2 Å². The smallest absolute Gasteiger partial charge is 0.317 e. The van der Waals surface area contributed by atoms with E-state index in [0.717, 1.165) is 18.9 Å². The van der Waals surface area contributed by atoms with Crippen molar-refractivity contribution in [3.63, 3.8) is 0 Å². The van der Waals surface area contributed by atoms with Crippen molar-refractivity contribution in [3.8, 4) is 11.1 Å². The monoisotopic (exact) mass is 572 g/mol. The maximum atomic E-state index is 13.9. The Morgan fingerprint density at radius 3 is 2.54 bits per heavy atom. The molecule has 14 heteroatoms. The number of hydrogen-bond donors (Lipinski definition) is 1. The third kappa shape index (κ3) is 5.47. The van der Waals surface area contributed by atoms with Crippen molar-refractivity contribution in [2.45, 2.75) is 54.7 Å². The third-order valence-electron chi connectivity index (χ3n) is 6.39. The minimum atomic E-state index is -4.78. The number of sulfonamides is 1. The number of fused-ring (bicyclic) bond motifs is 1. The van der Waals surface area contributed by atoms with E-state index in [4.69, 9.17) is 23.2 Å². The van der Waals surface area contributed by atoms with Crippen LogP contribution in [0.15, 0.2) is 54.2 Å². The molecule has 0 saturated heterocycles. The lowest BCUT2D eigenvalue weighted by Crippen LogP contribution is -2.38. The van der Waals surface area contributed by atoms with Crippen LogP contribution >= 0.6 is 23.2 Å². The van der Waals surface area contributed by atoms with Crippen LogP contribution in [0.25, 0.3) is 16.8 Å². The lowest BCUT2D eigenvalue weighted by Gasteiger charge is -2.30. The van der Waals surface area contributed by atoms with Gasteiger partial charge in [0.15, 0.2) is 0 Å². The molecular formula is C23H21Cl2F3N6O2S. The van der Waals surface area contributed by atoms with Gasteiger partial charge in [-0.25, -0.2) is 18.1 Å². The Kier molecular flexibility index (Phi) is 6.94. The molecule has 0 radical (unpaired) electrons. The quantitative estimate of drug-likeness (QED) is 0.309. The van der Waals surface area contributed by atoms with Gasteiger partial charge in [-0.15, -0.1) is 21.8 Å². The molecule has 1 aliphatic rings. The predicted molar refractivity (Wildman–Crippen MR) is 132 cm³/mol. The Labute approximate surface area is 220 Å². The molecule has 4 aromatic rings. The summed E-state index contributed by atoms with van der Waals surface area (Å²) in [4.78, 5) is 3.88. The highest BCUT2D eigenvalue weighted by Gasteiger charge is 2.34. The zero-order chi connectivity index (χ0) is 26.4. The lowest BCUT2D eigenvalue weighted by atomic mass is 9.91. The van der Waals surface area contributed by atoms with Crippen molar-refractivity contribution in [2.24, 2.45) is 0 Å². The highest BCUT2D eigenvalue weighted by molar-refractivity contribution is 7.89. The number of alkyl halides is 4. The molecule has 1 aromatic carbocycles. The zero-order valence-corrected chi connectivity index (χ0v) is 21.5. The molecule has 2 atom stereocenters. The number of nitrogens with zero attached hydrogens (tertiary/aromatic N) is 5. The average molecular weight is 573 g/mol. The molecule has 3 heterocycles. The van der Waals surface area contributed by atoms with Gasteiger partial charge in [-0.2, -0.15) is 13.2 Å². The Morgan fingerprint density at radius 2 is 1.84 bits per heavy atom. The third-order valence-corrected chi connectivity index (χ3v) is 8.37.